The third kappa shape index (κ3) is 7.73. The highest BCUT2D eigenvalue weighted by Gasteiger charge is 2.58. The molecule has 0 radical (unpaired) electrons. The van der Waals surface area contributed by atoms with E-state index in [1.807, 2.05) is 26.0 Å². The number of esters is 1. The second-order valence-corrected chi connectivity index (χ2v) is 10.4. The molecule has 4 N–H and O–H groups in total. The molecule has 3 rings (SSSR count). The van der Waals surface area contributed by atoms with Gasteiger partial charge in [-0.25, -0.2) is 0 Å². The van der Waals surface area contributed by atoms with Crippen molar-refractivity contribution in [1.82, 2.24) is 5.32 Å². The number of amides is 1. The highest BCUT2D eigenvalue weighted by atomic mass is 16.6. The molecular formula is C27H42N2O7. The summed E-state index contributed by atoms with van der Waals surface area (Å²) in [5, 5.41) is 13.6. The molecular weight excluding hydrogens is 464 g/mol. The van der Waals surface area contributed by atoms with Crippen LogP contribution >= 0.6 is 0 Å². The zero-order chi connectivity index (χ0) is 26.5. The predicted octanol–water partition coefficient (Wildman–Crippen LogP) is 1.93. The molecule has 1 amide bonds. The van der Waals surface area contributed by atoms with Gasteiger partial charge in [0.1, 0.15) is 23.9 Å². The molecule has 3 aliphatic rings. The van der Waals surface area contributed by atoms with Gasteiger partial charge in [0.2, 0.25) is 5.91 Å². The van der Waals surface area contributed by atoms with Crippen LogP contribution in [-0.4, -0.2) is 78.4 Å². The SMILES string of the molecule is CC(=O)O[C@@H](C)/C=C\C(=O)N[C@@H]1C[C@H](C)[C@H](C/C=C(C)/C=C/[C@H]2O[C@H](CN)C[C@@]3(CO3)[C@@H]2O)O[C@@H]1C. The summed E-state index contributed by atoms with van der Waals surface area (Å²) in [5.74, 6) is -0.365. The van der Waals surface area contributed by atoms with Crippen molar-refractivity contribution >= 4 is 11.9 Å². The van der Waals surface area contributed by atoms with E-state index in [9.17, 15) is 14.7 Å². The Bertz CT molecular complexity index is 866. The van der Waals surface area contributed by atoms with Crippen LogP contribution in [0.2, 0.25) is 0 Å². The lowest BCUT2D eigenvalue weighted by molar-refractivity contribution is -0.143. The van der Waals surface area contributed by atoms with Gasteiger partial charge in [-0.1, -0.05) is 30.7 Å². The minimum absolute atomic E-state index is 0.0392. The molecule has 36 heavy (non-hydrogen) atoms. The topological polar surface area (TPSA) is 133 Å². The molecule has 0 bridgehead atoms. The van der Waals surface area contributed by atoms with Gasteiger partial charge in [-0.2, -0.15) is 0 Å². The number of allylic oxidation sites excluding steroid dienone is 2. The van der Waals surface area contributed by atoms with E-state index in [-0.39, 0.29) is 42.1 Å². The lowest BCUT2D eigenvalue weighted by atomic mass is 9.87. The van der Waals surface area contributed by atoms with Crippen molar-refractivity contribution in [2.24, 2.45) is 11.7 Å². The number of carbonyl (C=O) groups excluding carboxylic acids is 2. The Labute approximate surface area is 214 Å². The van der Waals surface area contributed by atoms with Crippen LogP contribution in [0.3, 0.4) is 0 Å². The molecule has 3 aliphatic heterocycles. The predicted molar refractivity (Wildman–Crippen MR) is 135 cm³/mol. The van der Waals surface area contributed by atoms with Gasteiger partial charge in [-0.15, -0.1) is 0 Å². The normalized spacial score (nSPS) is 37.9. The number of rotatable bonds is 9. The molecule has 1 spiro atoms. The van der Waals surface area contributed by atoms with Gasteiger partial charge in [0.25, 0.3) is 0 Å². The number of hydrogen-bond donors (Lipinski definition) is 3. The van der Waals surface area contributed by atoms with Gasteiger partial charge < -0.3 is 35.1 Å². The monoisotopic (exact) mass is 506 g/mol. The maximum absolute atomic E-state index is 12.3. The van der Waals surface area contributed by atoms with E-state index in [0.29, 0.717) is 19.6 Å². The largest absolute Gasteiger partial charge is 0.459 e. The first-order valence-electron chi connectivity index (χ1n) is 12.9. The molecule has 0 saturated carbocycles. The number of aliphatic hydroxyl groups is 1. The van der Waals surface area contributed by atoms with Crippen LogP contribution in [0, 0.1) is 5.92 Å². The number of carbonyl (C=O) groups is 2. The Morgan fingerprint density at radius 1 is 1.25 bits per heavy atom. The van der Waals surface area contributed by atoms with Gasteiger partial charge in [0, 0.05) is 26.0 Å². The van der Waals surface area contributed by atoms with Crippen molar-refractivity contribution in [2.45, 2.75) is 102 Å². The number of epoxide rings is 1. The Balaban J connectivity index is 1.48. The molecule has 3 fully saturated rings. The molecule has 0 aliphatic carbocycles. The van der Waals surface area contributed by atoms with Crippen LogP contribution in [0.4, 0.5) is 0 Å². The molecule has 0 unspecified atom stereocenters. The van der Waals surface area contributed by atoms with Gasteiger partial charge in [-0.05, 0) is 45.6 Å². The quantitative estimate of drug-likeness (QED) is 0.187. The number of ether oxygens (including phenoxy) is 4. The standard InChI is InChI=1S/C27H42N2O7/c1-16(7-10-24-26(32)27(15-33-27)13-21(14-28)36-24)6-9-23-17(2)12-22(19(4)35-23)29-25(31)11-8-18(3)34-20(5)30/h6-8,10-11,17-19,21-24,26,32H,9,12-15,28H2,1-5H3,(H,29,31)/b10-7+,11-8-,16-6+/t17-,18-,19+,21-,22+,23-,24+,26+,27+/m0/s1. The first-order chi connectivity index (χ1) is 17.0. The number of nitrogens with one attached hydrogen (secondary N) is 1. The van der Waals surface area contributed by atoms with Gasteiger partial charge >= 0.3 is 5.97 Å². The summed E-state index contributed by atoms with van der Waals surface area (Å²) in [6, 6.07) is -0.0974. The first-order valence-corrected chi connectivity index (χ1v) is 12.9. The van der Waals surface area contributed by atoms with Crippen molar-refractivity contribution in [2.75, 3.05) is 13.2 Å². The Morgan fingerprint density at radius 3 is 2.61 bits per heavy atom. The fourth-order valence-electron chi connectivity index (χ4n) is 4.91. The highest BCUT2D eigenvalue weighted by molar-refractivity contribution is 5.87. The van der Waals surface area contributed by atoms with E-state index in [0.717, 1.165) is 18.4 Å². The fourth-order valence-corrected chi connectivity index (χ4v) is 4.91. The molecule has 3 saturated heterocycles. The summed E-state index contributed by atoms with van der Waals surface area (Å²) in [7, 11) is 0. The lowest BCUT2D eigenvalue weighted by Gasteiger charge is -2.39. The van der Waals surface area contributed by atoms with E-state index < -0.39 is 23.9 Å². The third-order valence-corrected chi connectivity index (χ3v) is 7.19. The summed E-state index contributed by atoms with van der Waals surface area (Å²) >= 11 is 0. The molecule has 9 heteroatoms. The van der Waals surface area contributed by atoms with Crippen LogP contribution in [0.5, 0.6) is 0 Å². The smallest absolute Gasteiger partial charge is 0.303 e. The van der Waals surface area contributed by atoms with Crippen molar-refractivity contribution in [3.05, 3.63) is 36.0 Å². The average Bonchev–Trinajstić information content (AvgIpc) is 3.59. The van der Waals surface area contributed by atoms with E-state index in [2.05, 4.69) is 18.3 Å². The minimum Gasteiger partial charge on any atom is -0.459 e. The third-order valence-electron chi connectivity index (χ3n) is 7.19. The molecule has 9 atom stereocenters. The summed E-state index contributed by atoms with van der Waals surface area (Å²) in [6.45, 7) is 10.1. The second-order valence-electron chi connectivity index (χ2n) is 10.4. The maximum Gasteiger partial charge on any atom is 0.303 e. The highest BCUT2D eigenvalue weighted by Crippen LogP contribution is 2.42. The second kappa shape index (κ2) is 12.5. The van der Waals surface area contributed by atoms with E-state index in [1.165, 1.54) is 13.0 Å². The Morgan fingerprint density at radius 2 is 1.97 bits per heavy atom. The maximum atomic E-state index is 12.3. The summed E-state index contributed by atoms with van der Waals surface area (Å²) in [5.41, 5.74) is 6.35. The molecule has 0 aromatic rings. The zero-order valence-corrected chi connectivity index (χ0v) is 22.0. The van der Waals surface area contributed by atoms with Gasteiger partial charge in [0.15, 0.2) is 0 Å². The number of nitrogens with two attached hydrogens (primary N) is 1. The summed E-state index contributed by atoms with van der Waals surface area (Å²) < 4.78 is 22.7. The molecule has 0 aromatic heterocycles. The molecule has 9 nitrogen and oxygen atoms in total. The van der Waals surface area contributed by atoms with Crippen LogP contribution < -0.4 is 11.1 Å². The number of hydrogen-bond acceptors (Lipinski definition) is 8. The minimum atomic E-state index is -0.696. The van der Waals surface area contributed by atoms with Crippen LogP contribution in [0.1, 0.15) is 53.9 Å². The van der Waals surface area contributed by atoms with Crippen LogP contribution in [0.25, 0.3) is 0 Å². The Kier molecular flexibility index (Phi) is 9.88. The van der Waals surface area contributed by atoms with Crippen molar-refractivity contribution in [3.63, 3.8) is 0 Å². The fraction of sp³-hybridized carbons (Fsp3) is 0.704. The van der Waals surface area contributed by atoms with E-state index >= 15 is 0 Å². The number of aliphatic hydroxyl groups excluding tert-OH is 1. The van der Waals surface area contributed by atoms with Crippen molar-refractivity contribution < 1.29 is 33.6 Å². The Hall–Kier alpha value is -2.04. The molecule has 3 heterocycles. The summed E-state index contributed by atoms with van der Waals surface area (Å²) in [4.78, 5) is 23.3. The van der Waals surface area contributed by atoms with E-state index in [4.69, 9.17) is 24.7 Å². The average molecular weight is 507 g/mol. The van der Waals surface area contributed by atoms with Crippen LogP contribution in [0.15, 0.2) is 36.0 Å². The zero-order valence-electron chi connectivity index (χ0n) is 22.0. The van der Waals surface area contributed by atoms with Gasteiger partial charge in [0.05, 0.1) is 31.0 Å². The molecule has 0 aromatic carbocycles. The van der Waals surface area contributed by atoms with E-state index in [1.54, 1.807) is 13.0 Å². The summed E-state index contributed by atoms with van der Waals surface area (Å²) in [6.07, 6.45) is 9.30. The van der Waals surface area contributed by atoms with Crippen molar-refractivity contribution in [1.29, 1.82) is 0 Å². The molecule has 202 valence electrons. The van der Waals surface area contributed by atoms with Crippen LogP contribution in [-0.2, 0) is 28.5 Å². The van der Waals surface area contributed by atoms with Gasteiger partial charge in [-0.3, -0.25) is 9.59 Å². The van der Waals surface area contributed by atoms with Crippen molar-refractivity contribution in [3.8, 4) is 0 Å². The lowest BCUT2D eigenvalue weighted by Crippen LogP contribution is -2.51. The first kappa shape index (κ1) is 28.5.